The molecule has 25 heavy (non-hydrogen) atoms. The van der Waals surface area contributed by atoms with E-state index in [4.69, 9.17) is 4.43 Å². The Kier molecular flexibility index (Phi) is 6.66. The SMILES string of the molecule is CC(C)[Si](Oc1cccc(/C=C/c2ccccc2)c1)(C(C)C)C(C)C. The molecule has 0 saturated heterocycles. The molecule has 134 valence electrons. The Morgan fingerprint density at radius 1 is 0.680 bits per heavy atom. The molecule has 2 aromatic carbocycles. The van der Waals surface area contributed by atoms with E-state index < -0.39 is 8.32 Å². The van der Waals surface area contributed by atoms with Crippen LogP contribution in [0.2, 0.25) is 16.6 Å². The second kappa shape index (κ2) is 8.53. The highest BCUT2D eigenvalue weighted by Crippen LogP contribution is 2.42. The van der Waals surface area contributed by atoms with Gasteiger partial charge in [-0.25, -0.2) is 0 Å². The highest BCUT2D eigenvalue weighted by molar-refractivity contribution is 6.78. The van der Waals surface area contributed by atoms with Crippen molar-refractivity contribution in [1.82, 2.24) is 0 Å². The van der Waals surface area contributed by atoms with Gasteiger partial charge in [0, 0.05) is 0 Å². The molecule has 0 spiro atoms. The van der Waals surface area contributed by atoms with Gasteiger partial charge in [0.1, 0.15) is 5.75 Å². The highest BCUT2D eigenvalue weighted by atomic mass is 28.4. The van der Waals surface area contributed by atoms with Crippen molar-refractivity contribution in [3.8, 4) is 5.75 Å². The lowest BCUT2D eigenvalue weighted by Gasteiger charge is -2.42. The van der Waals surface area contributed by atoms with Crippen LogP contribution in [0.15, 0.2) is 54.6 Å². The summed E-state index contributed by atoms with van der Waals surface area (Å²) in [5.74, 6) is 1.01. The van der Waals surface area contributed by atoms with Crippen LogP contribution in [0.3, 0.4) is 0 Å². The maximum absolute atomic E-state index is 6.78. The van der Waals surface area contributed by atoms with Gasteiger partial charge in [-0.3, -0.25) is 0 Å². The average molecular weight is 353 g/mol. The molecule has 0 bridgehead atoms. The summed E-state index contributed by atoms with van der Waals surface area (Å²) >= 11 is 0. The van der Waals surface area contributed by atoms with Crippen molar-refractivity contribution in [2.45, 2.75) is 58.2 Å². The first-order chi connectivity index (χ1) is 11.9. The summed E-state index contributed by atoms with van der Waals surface area (Å²) in [5, 5.41) is 0. The monoisotopic (exact) mass is 352 g/mol. The predicted molar refractivity (Wildman–Crippen MR) is 113 cm³/mol. The summed E-state index contributed by atoms with van der Waals surface area (Å²) in [7, 11) is -1.90. The molecule has 0 fully saturated rings. The topological polar surface area (TPSA) is 9.23 Å². The molecule has 1 nitrogen and oxygen atoms in total. The van der Waals surface area contributed by atoms with Crippen molar-refractivity contribution in [2.24, 2.45) is 0 Å². The van der Waals surface area contributed by atoms with Crippen molar-refractivity contribution < 1.29 is 4.43 Å². The Hall–Kier alpha value is -1.80. The molecule has 0 amide bonds. The molecule has 0 saturated carbocycles. The fourth-order valence-electron chi connectivity index (χ4n) is 4.00. The van der Waals surface area contributed by atoms with Crippen molar-refractivity contribution >= 4 is 20.5 Å². The lowest BCUT2D eigenvalue weighted by molar-refractivity contribution is 0.479. The second-order valence-corrected chi connectivity index (χ2v) is 13.1. The Morgan fingerprint density at radius 3 is 1.76 bits per heavy atom. The van der Waals surface area contributed by atoms with Gasteiger partial charge in [-0.15, -0.1) is 0 Å². The Balaban J connectivity index is 2.27. The highest BCUT2D eigenvalue weighted by Gasteiger charge is 2.46. The molecule has 0 aromatic heterocycles. The number of hydrogen-bond acceptors (Lipinski definition) is 1. The summed E-state index contributed by atoms with van der Waals surface area (Å²) < 4.78 is 6.78. The van der Waals surface area contributed by atoms with Crippen molar-refractivity contribution in [3.05, 3.63) is 65.7 Å². The molecule has 0 aliphatic rings. The zero-order chi connectivity index (χ0) is 18.4. The van der Waals surface area contributed by atoms with Crippen LogP contribution < -0.4 is 4.43 Å². The number of hydrogen-bond donors (Lipinski definition) is 0. The minimum Gasteiger partial charge on any atom is -0.543 e. The van der Waals surface area contributed by atoms with E-state index in [0.717, 1.165) is 5.75 Å². The van der Waals surface area contributed by atoms with Crippen molar-refractivity contribution in [3.63, 3.8) is 0 Å². The lowest BCUT2D eigenvalue weighted by atomic mass is 10.1. The van der Waals surface area contributed by atoms with Gasteiger partial charge >= 0.3 is 0 Å². The van der Waals surface area contributed by atoms with E-state index in [9.17, 15) is 0 Å². The van der Waals surface area contributed by atoms with E-state index in [2.05, 4.69) is 102 Å². The van der Waals surface area contributed by atoms with Gasteiger partial charge in [-0.1, -0.05) is 96.2 Å². The molecule has 0 N–H and O–H groups in total. The van der Waals surface area contributed by atoms with E-state index in [-0.39, 0.29) is 0 Å². The van der Waals surface area contributed by atoms with Crippen molar-refractivity contribution in [2.75, 3.05) is 0 Å². The molecule has 0 atom stereocenters. The fourth-order valence-corrected chi connectivity index (χ4v) is 9.24. The van der Waals surface area contributed by atoms with Crippen LogP contribution in [0.4, 0.5) is 0 Å². The van der Waals surface area contributed by atoms with Crippen LogP contribution >= 0.6 is 0 Å². The fraction of sp³-hybridized carbons (Fsp3) is 0.391. The van der Waals surface area contributed by atoms with Crippen LogP contribution in [0.1, 0.15) is 52.7 Å². The average Bonchev–Trinajstić information content (AvgIpc) is 2.58. The molecule has 0 aliphatic heterocycles. The first-order valence-corrected chi connectivity index (χ1v) is 11.5. The van der Waals surface area contributed by atoms with Crippen LogP contribution in [-0.4, -0.2) is 8.32 Å². The standard InChI is InChI=1S/C23H32OSi/c1-18(2)25(19(3)4,20(5)6)24-23-14-10-13-22(17-23)16-15-21-11-8-7-9-12-21/h7-20H,1-6H3/b16-15+. The smallest absolute Gasteiger partial charge is 0.258 e. The van der Waals surface area contributed by atoms with E-state index in [1.165, 1.54) is 11.1 Å². The van der Waals surface area contributed by atoms with Gasteiger partial charge < -0.3 is 4.43 Å². The largest absolute Gasteiger partial charge is 0.543 e. The van der Waals surface area contributed by atoms with Gasteiger partial charge in [0.15, 0.2) is 0 Å². The lowest BCUT2D eigenvalue weighted by Crippen LogP contribution is -2.50. The molecule has 2 aromatic rings. The third-order valence-electron chi connectivity index (χ3n) is 5.13. The number of benzene rings is 2. The zero-order valence-electron chi connectivity index (χ0n) is 16.5. The molecule has 2 rings (SSSR count). The summed E-state index contributed by atoms with van der Waals surface area (Å²) in [4.78, 5) is 0. The molecule has 0 aliphatic carbocycles. The van der Waals surface area contributed by atoms with Gasteiger partial charge in [0.05, 0.1) is 0 Å². The Morgan fingerprint density at radius 2 is 1.20 bits per heavy atom. The molecule has 0 radical (unpaired) electrons. The maximum Gasteiger partial charge on any atom is 0.258 e. The van der Waals surface area contributed by atoms with Crippen LogP contribution in [0.25, 0.3) is 12.2 Å². The van der Waals surface area contributed by atoms with Gasteiger partial charge in [-0.2, -0.15) is 0 Å². The zero-order valence-corrected chi connectivity index (χ0v) is 17.5. The van der Waals surface area contributed by atoms with Gasteiger partial charge in [-0.05, 0) is 39.9 Å². The van der Waals surface area contributed by atoms with E-state index in [0.29, 0.717) is 16.6 Å². The third kappa shape index (κ3) is 4.64. The maximum atomic E-state index is 6.78. The molecule has 0 heterocycles. The molecular formula is C23H32OSi. The number of rotatable bonds is 7. The minimum absolute atomic E-state index is 0.580. The van der Waals surface area contributed by atoms with E-state index in [1.807, 2.05) is 6.07 Å². The van der Waals surface area contributed by atoms with Gasteiger partial charge in [0.2, 0.25) is 0 Å². The van der Waals surface area contributed by atoms with Gasteiger partial charge in [0.25, 0.3) is 8.32 Å². The normalized spacial score (nSPS) is 12.5. The minimum atomic E-state index is -1.90. The first-order valence-electron chi connectivity index (χ1n) is 9.38. The Bertz CT molecular complexity index is 664. The summed E-state index contributed by atoms with van der Waals surface area (Å²) in [6.45, 7) is 13.9. The first kappa shape index (κ1) is 19.5. The van der Waals surface area contributed by atoms with Crippen molar-refractivity contribution in [1.29, 1.82) is 0 Å². The third-order valence-corrected chi connectivity index (χ3v) is 11.1. The summed E-state index contributed by atoms with van der Waals surface area (Å²) in [5.41, 5.74) is 4.13. The van der Waals surface area contributed by atoms with Crippen LogP contribution in [-0.2, 0) is 0 Å². The Labute approximate surface area is 154 Å². The quantitative estimate of drug-likeness (QED) is 0.372. The summed E-state index contributed by atoms with van der Waals surface area (Å²) in [6.07, 6.45) is 4.31. The van der Waals surface area contributed by atoms with E-state index >= 15 is 0 Å². The predicted octanol–water partition coefficient (Wildman–Crippen LogP) is 7.41. The molecule has 0 unspecified atom stereocenters. The van der Waals surface area contributed by atoms with Crippen LogP contribution in [0, 0.1) is 0 Å². The second-order valence-electron chi connectivity index (χ2n) is 7.74. The van der Waals surface area contributed by atoms with E-state index in [1.54, 1.807) is 0 Å². The molecule has 2 heteroatoms. The molecular weight excluding hydrogens is 320 g/mol. The van der Waals surface area contributed by atoms with Crippen LogP contribution in [0.5, 0.6) is 5.75 Å². The summed E-state index contributed by atoms with van der Waals surface area (Å²) in [6, 6.07) is 18.9.